The number of benzene rings is 1. The van der Waals surface area contributed by atoms with Crippen molar-refractivity contribution >= 4 is 11.9 Å². The molecule has 2 unspecified atom stereocenters. The van der Waals surface area contributed by atoms with Gasteiger partial charge < -0.3 is 15.2 Å². The minimum absolute atomic E-state index is 0.0682. The maximum Gasteiger partial charge on any atom is 0.312 e. The molecule has 6 heteroatoms. The van der Waals surface area contributed by atoms with E-state index in [1.54, 1.807) is 6.92 Å². The largest absolute Gasteiger partial charge is 0.481 e. The Hall–Kier alpha value is -1.95. The van der Waals surface area contributed by atoms with Gasteiger partial charge in [-0.1, -0.05) is 25.5 Å². The third-order valence-corrected chi connectivity index (χ3v) is 3.29. The summed E-state index contributed by atoms with van der Waals surface area (Å²) in [5.74, 6) is -2.79. The molecule has 0 spiro atoms. The lowest BCUT2D eigenvalue weighted by atomic mass is 9.99. The predicted molar refractivity (Wildman–Crippen MR) is 80.1 cm³/mol. The van der Waals surface area contributed by atoms with Crippen LogP contribution in [0, 0.1) is 5.82 Å². The molecular weight excluding hydrogens is 289 g/mol. The zero-order valence-corrected chi connectivity index (χ0v) is 12.8. The lowest BCUT2D eigenvalue weighted by Crippen LogP contribution is -2.38. The van der Waals surface area contributed by atoms with Crippen LogP contribution >= 0.6 is 0 Å². The molecule has 2 N–H and O–H groups in total. The third kappa shape index (κ3) is 5.81. The van der Waals surface area contributed by atoms with Gasteiger partial charge >= 0.3 is 5.97 Å². The fourth-order valence-corrected chi connectivity index (χ4v) is 1.87. The fourth-order valence-electron chi connectivity index (χ4n) is 1.87. The molecule has 0 saturated carbocycles. The number of carbonyl (C=O) groups is 2. The van der Waals surface area contributed by atoms with Gasteiger partial charge in [-0.3, -0.25) is 9.59 Å². The van der Waals surface area contributed by atoms with Gasteiger partial charge in [-0.15, -0.1) is 0 Å². The molecule has 0 aliphatic carbocycles. The molecule has 1 aromatic rings. The maximum atomic E-state index is 12.9. The lowest BCUT2D eigenvalue weighted by molar-refractivity contribution is -0.139. The maximum absolute atomic E-state index is 12.9. The van der Waals surface area contributed by atoms with Gasteiger partial charge in [-0.2, -0.15) is 0 Å². The zero-order chi connectivity index (χ0) is 16.5. The van der Waals surface area contributed by atoms with Crippen LogP contribution in [0.2, 0.25) is 0 Å². The zero-order valence-electron chi connectivity index (χ0n) is 12.8. The van der Waals surface area contributed by atoms with Crippen molar-refractivity contribution in [1.82, 2.24) is 5.32 Å². The van der Waals surface area contributed by atoms with Crippen LogP contribution in [0.3, 0.4) is 0 Å². The highest BCUT2D eigenvalue weighted by atomic mass is 19.1. The summed E-state index contributed by atoms with van der Waals surface area (Å²) in [5.41, 5.74) is 0.439. The van der Waals surface area contributed by atoms with E-state index in [0.29, 0.717) is 12.2 Å². The average molecular weight is 311 g/mol. The molecule has 0 fully saturated rings. The van der Waals surface area contributed by atoms with Crippen molar-refractivity contribution in [2.24, 2.45) is 0 Å². The number of nitrogens with one attached hydrogen (secondary N) is 1. The Morgan fingerprint density at radius 2 is 1.95 bits per heavy atom. The Labute approximate surface area is 129 Å². The van der Waals surface area contributed by atoms with Crippen LogP contribution in [-0.2, 0) is 14.3 Å². The standard InChI is InChI=1S/C16H22FNO4/c1-3-4-9-22-11(2)15(19)18-10-14(16(20)21)12-5-7-13(17)8-6-12/h5-8,11,14H,3-4,9-10H2,1-2H3,(H,18,19)(H,20,21). The van der Waals surface area contributed by atoms with Gasteiger partial charge in [0.15, 0.2) is 0 Å². The number of carbonyl (C=O) groups excluding carboxylic acids is 1. The van der Waals surface area contributed by atoms with Crippen molar-refractivity contribution in [3.63, 3.8) is 0 Å². The number of rotatable bonds is 9. The van der Waals surface area contributed by atoms with Crippen LogP contribution in [0.1, 0.15) is 38.2 Å². The van der Waals surface area contributed by atoms with E-state index in [2.05, 4.69) is 5.32 Å². The average Bonchev–Trinajstić information content (AvgIpc) is 2.48. The SMILES string of the molecule is CCCCOC(C)C(=O)NCC(C(=O)O)c1ccc(F)cc1. The number of hydrogen-bond acceptors (Lipinski definition) is 3. The molecule has 1 amide bonds. The van der Waals surface area contributed by atoms with E-state index in [-0.39, 0.29) is 12.5 Å². The minimum atomic E-state index is -1.08. The first-order valence-electron chi connectivity index (χ1n) is 7.33. The van der Waals surface area contributed by atoms with E-state index in [9.17, 15) is 19.1 Å². The summed E-state index contributed by atoms with van der Waals surface area (Å²) in [6.07, 6.45) is 1.21. The van der Waals surface area contributed by atoms with Gasteiger partial charge in [0.05, 0.1) is 5.92 Å². The molecule has 2 atom stereocenters. The molecular formula is C16H22FNO4. The van der Waals surface area contributed by atoms with E-state index in [1.165, 1.54) is 24.3 Å². The summed E-state index contributed by atoms with van der Waals surface area (Å²) in [6.45, 7) is 4.07. The molecule has 0 heterocycles. The second-order valence-corrected chi connectivity index (χ2v) is 5.05. The number of hydrogen-bond donors (Lipinski definition) is 2. The highest BCUT2D eigenvalue weighted by molar-refractivity contribution is 5.82. The van der Waals surface area contributed by atoms with Gasteiger partial charge in [0.2, 0.25) is 5.91 Å². The molecule has 22 heavy (non-hydrogen) atoms. The number of amides is 1. The van der Waals surface area contributed by atoms with Crippen molar-refractivity contribution < 1.29 is 23.8 Å². The molecule has 0 saturated heterocycles. The fraction of sp³-hybridized carbons (Fsp3) is 0.500. The summed E-state index contributed by atoms with van der Waals surface area (Å²) < 4.78 is 18.2. The highest BCUT2D eigenvalue weighted by Crippen LogP contribution is 2.16. The number of unbranched alkanes of at least 4 members (excludes halogenated alkanes) is 1. The lowest BCUT2D eigenvalue weighted by Gasteiger charge is -2.17. The van der Waals surface area contributed by atoms with E-state index in [1.807, 2.05) is 6.92 Å². The summed E-state index contributed by atoms with van der Waals surface area (Å²) in [5, 5.41) is 11.8. The Kier molecular flexibility index (Phi) is 7.52. The molecule has 0 aliphatic rings. The first kappa shape index (κ1) is 18.1. The number of carboxylic acid groups (broad SMARTS) is 1. The molecule has 122 valence electrons. The number of aliphatic carboxylic acids is 1. The number of halogens is 1. The van der Waals surface area contributed by atoms with Crippen molar-refractivity contribution in [3.05, 3.63) is 35.6 Å². The van der Waals surface area contributed by atoms with E-state index < -0.39 is 23.8 Å². The molecule has 0 bridgehead atoms. The van der Waals surface area contributed by atoms with Crippen LogP contribution < -0.4 is 5.32 Å². The normalized spacial score (nSPS) is 13.4. The Morgan fingerprint density at radius 3 is 2.50 bits per heavy atom. The minimum Gasteiger partial charge on any atom is -0.481 e. The molecule has 0 radical (unpaired) electrons. The molecule has 5 nitrogen and oxygen atoms in total. The van der Waals surface area contributed by atoms with Crippen LogP contribution in [0.5, 0.6) is 0 Å². The second-order valence-electron chi connectivity index (χ2n) is 5.05. The Balaban J connectivity index is 2.56. The van der Waals surface area contributed by atoms with Crippen LogP contribution in [0.15, 0.2) is 24.3 Å². The molecule has 0 aromatic heterocycles. The van der Waals surface area contributed by atoms with Gasteiger partial charge in [0, 0.05) is 13.2 Å². The number of ether oxygens (including phenoxy) is 1. The van der Waals surface area contributed by atoms with Gasteiger partial charge in [-0.25, -0.2) is 4.39 Å². The van der Waals surface area contributed by atoms with Crippen LogP contribution in [-0.4, -0.2) is 36.2 Å². The van der Waals surface area contributed by atoms with Gasteiger partial charge in [0.25, 0.3) is 0 Å². The summed E-state index contributed by atoms with van der Waals surface area (Å²) in [7, 11) is 0. The summed E-state index contributed by atoms with van der Waals surface area (Å²) >= 11 is 0. The quantitative estimate of drug-likeness (QED) is 0.686. The first-order chi connectivity index (χ1) is 10.5. The van der Waals surface area contributed by atoms with Crippen LogP contribution in [0.25, 0.3) is 0 Å². The first-order valence-corrected chi connectivity index (χ1v) is 7.33. The van der Waals surface area contributed by atoms with E-state index in [0.717, 1.165) is 12.8 Å². The molecule has 1 aromatic carbocycles. The van der Waals surface area contributed by atoms with Crippen LogP contribution in [0.4, 0.5) is 4.39 Å². The van der Waals surface area contributed by atoms with Gasteiger partial charge in [-0.05, 0) is 31.0 Å². The molecule has 0 aliphatic heterocycles. The summed E-state index contributed by atoms with van der Waals surface area (Å²) in [6, 6.07) is 5.20. The summed E-state index contributed by atoms with van der Waals surface area (Å²) in [4.78, 5) is 23.2. The van der Waals surface area contributed by atoms with E-state index >= 15 is 0 Å². The van der Waals surface area contributed by atoms with Crippen molar-refractivity contribution in [3.8, 4) is 0 Å². The Bertz CT molecular complexity index is 489. The van der Waals surface area contributed by atoms with Crippen molar-refractivity contribution in [2.45, 2.75) is 38.7 Å². The predicted octanol–water partition coefficient (Wildman–Crippen LogP) is 2.32. The molecule has 1 rings (SSSR count). The van der Waals surface area contributed by atoms with E-state index in [4.69, 9.17) is 4.74 Å². The van der Waals surface area contributed by atoms with Crippen molar-refractivity contribution in [1.29, 1.82) is 0 Å². The monoisotopic (exact) mass is 311 g/mol. The highest BCUT2D eigenvalue weighted by Gasteiger charge is 2.22. The Morgan fingerprint density at radius 1 is 1.32 bits per heavy atom. The number of carboxylic acids is 1. The second kappa shape index (κ2) is 9.15. The van der Waals surface area contributed by atoms with Gasteiger partial charge in [0.1, 0.15) is 11.9 Å². The topological polar surface area (TPSA) is 75.6 Å². The third-order valence-electron chi connectivity index (χ3n) is 3.29. The smallest absolute Gasteiger partial charge is 0.312 e. The van der Waals surface area contributed by atoms with Crippen molar-refractivity contribution in [2.75, 3.05) is 13.2 Å².